The maximum atomic E-state index is 12.1. The van der Waals surface area contributed by atoms with Crippen LogP contribution in [-0.2, 0) is 16.2 Å². The number of benzene rings is 3. The number of halogens is 2. The standard InChI is InChI=1S/C24H21Cl2N3O3/c1-16-10-11-19(12-21(16)26)28-23(30)13-24(31)29-27-14-17-6-3-5-9-22(17)32-15-18-7-2-4-8-20(18)25/h2-12,14H,13,15H2,1H3,(H,28,30)(H,29,31). The van der Waals surface area contributed by atoms with Crippen LogP contribution in [0.5, 0.6) is 5.75 Å². The van der Waals surface area contributed by atoms with Crippen molar-refractivity contribution in [2.45, 2.75) is 20.0 Å². The van der Waals surface area contributed by atoms with Crippen molar-refractivity contribution in [2.24, 2.45) is 5.10 Å². The zero-order chi connectivity index (χ0) is 22.9. The summed E-state index contributed by atoms with van der Waals surface area (Å²) in [7, 11) is 0. The number of para-hydroxylation sites is 1. The molecule has 0 bridgehead atoms. The molecule has 2 N–H and O–H groups in total. The highest BCUT2D eigenvalue weighted by Gasteiger charge is 2.10. The average molecular weight is 470 g/mol. The van der Waals surface area contributed by atoms with Crippen LogP contribution in [0, 0.1) is 6.92 Å². The van der Waals surface area contributed by atoms with Gasteiger partial charge in [0.15, 0.2) is 0 Å². The minimum Gasteiger partial charge on any atom is -0.488 e. The molecule has 3 rings (SSSR count). The summed E-state index contributed by atoms with van der Waals surface area (Å²) < 4.78 is 5.85. The minimum atomic E-state index is -0.550. The van der Waals surface area contributed by atoms with Crippen LogP contribution in [0.4, 0.5) is 5.69 Å². The smallest absolute Gasteiger partial charge is 0.249 e. The Morgan fingerprint density at radius 2 is 1.72 bits per heavy atom. The Hall–Kier alpha value is -3.35. The summed E-state index contributed by atoms with van der Waals surface area (Å²) in [6.07, 6.45) is 1.07. The second-order valence-corrected chi connectivity index (χ2v) is 7.71. The summed E-state index contributed by atoms with van der Waals surface area (Å²) in [5, 5.41) is 7.71. The molecule has 0 saturated carbocycles. The molecule has 0 radical (unpaired) electrons. The van der Waals surface area contributed by atoms with Crippen LogP contribution in [0.1, 0.15) is 23.1 Å². The monoisotopic (exact) mass is 469 g/mol. The van der Waals surface area contributed by atoms with Gasteiger partial charge in [-0.05, 0) is 42.8 Å². The predicted octanol–water partition coefficient (Wildman–Crippen LogP) is 5.36. The Kier molecular flexibility index (Phi) is 8.25. The van der Waals surface area contributed by atoms with Crippen molar-refractivity contribution < 1.29 is 14.3 Å². The van der Waals surface area contributed by atoms with Crippen LogP contribution < -0.4 is 15.5 Å². The first-order valence-corrected chi connectivity index (χ1v) is 10.5. The van der Waals surface area contributed by atoms with Crippen molar-refractivity contribution in [3.63, 3.8) is 0 Å². The Labute approximate surface area is 196 Å². The minimum absolute atomic E-state index is 0.292. The van der Waals surface area contributed by atoms with E-state index < -0.39 is 11.8 Å². The maximum Gasteiger partial charge on any atom is 0.249 e. The third-order valence-corrected chi connectivity index (χ3v) is 5.21. The zero-order valence-electron chi connectivity index (χ0n) is 17.3. The molecule has 0 aliphatic rings. The number of anilines is 1. The normalized spacial score (nSPS) is 10.7. The number of carbonyl (C=O) groups is 2. The van der Waals surface area contributed by atoms with Gasteiger partial charge >= 0.3 is 0 Å². The molecule has 0 atom stereocenters. The van der Waals surface area contributed by atoms with Gasteiger partial charge in [0.05, 0.1) is 6.21 Å². The number of ether oxygens (including phenoxy) is 1. The lowest BCUT2D eigenvalue weighted by Crippen LogP contribution is -2.24. The van der Waals surface area contributed by atoms with E-state index in [0.717, 1.165) is 11.1 Å². The summed E-state index contributed by atoms with van der Waals surface area (Å²) in [5.41, 5.74) is 5.28. The number of rotatable bonds is 8. The van der Waals surface area contributed by atoms with E-state index in [1.165, 1.54) is 6.21 Å². The van der Waals surface area contributed by atoms with Crippen LogP contribution in [0.15, 0.2) is 71.8 Å². The Balaban J connectivity index is 1.52. The molecule has 6 nitrogen and oxygen atoms in total. The number of hydrogen-bond acceptors (Lipinski definition) is 4. The highest BCUT2D eigenvalue weighted by molar-refractivity contribution is 6.31. The van der Waals surface area contributed by atoms with Gasteiger partial charge in [0, 0.05) is 26.9 Å². The molecule has 0 aliphatic heterocycles. The fraction of sp³-hybridized carbons (Fsp3) is 0.125. The molecule has 3 aromatic carbocycles. The molecule has 8 heteroatoms. The maximum absolute atomic E-state index is 12.1. The number of carbonyl (C=O) groups excluding carboxylic acids is 2. The Morgan fingerprint density at radius 3 is 2.50 bits per heavy atom. The van der Waals surface area contributed by atoms with Gasteiger partial charge in [0.2, 0.25) is 11.8 Å². The van der Waals surface area contributed by atoms with E-state index in [9.17, 15) is 9.59 Å². The summed E-state index contributed by atoms with van der Waals surface area (Å²) in [6.45, 7) is 2.15. The van der Waals surface area contributed by atoms with Crippen molar-refractivity contribution in [2.75, 3.05) is 5.32 Å². The molecule has 0 heterocycles. The molecule has 0 aliphatic carbocycles. The summed E-state index contributed by atoms with van der Waals surface area (Å²) in [4.78, 5) is 24.1. The Morgan fingerprint density at radius 1 is 0.969 bits per heavy atom. The van der Waals surface area contributed by atoms with E-state index in [-0.39, 0.29) is 6.42 Å². The van der Waals surface area contributed by atoms with E-state index in [4.69, 9.17) is 27.9 Å². The van der Waals surface area contributed by atoms with E-state index in [1.807, 2.05) is 37.3 Å². The molecular weight excluding hydrogens is 449 g/mol. The van der Waals surface area contributed by atoms with Gasteiger partial charge in [0.1, 0.15) is 18.8 Å². The molecule has 2 amide bonds. The number of nitrogens with one attached hydrogen (secondary N) is 2. The van der Waals surface area contributed by atoms with Gasteiger partial charge in [-0.3, -0.25) is 9.59 Å². The van der Waals surface area contributed by atoms with E-state index >= 15 is 0 Å². The summed E-state index contributed by atoms with van der Waals surface area (Å²) in [6, 6.07) is 19.8. The largest absolute Gasteiger partial charge is 0.488 e. The zero-order valence-corrected chi connectivity index (χ0v) is 18.8. The van der Waals surface area contributed by atoms with Crippen molar-refractivity contribution in [3.05, 3.63) is 93.5 Å². The van der Waals surface area contributed by atoms with Crippen LogP contribution in [0.3, 0.4) is 0 Å². The van der Waals surface area contributed by atoms with E-state index in [0.29, 0.717) is 33.7 Å². The fourth-order valence-electron chi connectivity index (χ4n) is 2.72. The van der Waals surface area contributed by atoms with E-state index in [1.54, 1.807) is 36.4 Å². The second-order valence-electron chi connectivity index (χ2n) is 6.90. The average Bonchev–Trinajstić information content (AvgIpc) is 2.76. The van der Waals surface area contributed by atoms with Gasteiger partial charge in [-0.1, -0.05) is 59.6 Å². The number of hydrogen-bond donors (Lipinski definition) is 2. The first-order chi connectivity index (χ1) is 15.4. The quantitative estimate of drug-likeness (QED) is 0.264. The van der Waals surface area contributed by atoms with Crippen LogP contribution >= 0.6 is 23.2 Å². The van der Waals surface area contributed by atoms with Gasteiger partial charge < -0.3 is 10.1 Å². The van der Waals surface area contributed by atoms with Gasteiger partial charge in [-0.15, -0.1) is 0 Å². The van der Waals surface area contributed by atoms with Crippen molar-refractivity contribution in [3.8, 4) is 5.75 Å². The molecule has 0 saturated heterocycles. The predicted molar refractivity (Wildman–Crippen MR) is 127 cm³/mol. The van der Waals surface area contributed by atoms with Crippen LogP contribution in [-0.4, -0.2) is 18.0 Å². The van der Waals surface area contributed by atoms with Gasteiger partial charge in [0.25, 0.3) is 0 Å². The summed E-state index contributed by atoms with van der Waals surface area (Å²) in [5.74, 6) is -0.438. The molecule has 0 unspecified atom stereocenters. The van der Waals surface area contributed by atoms with E-state index in [2.05, 4.69) is 15.8 Å². The lowest BCUT2D eigenvalue weighted by atomic mass is 10.2. The number of hydrazone groups is 1. The second kappa shape index (κ2) is 11.3. The summed E-state index contributed by atoms with van der Waals surface area (Å²) >= 11 is 12.2. The highest BCUT2D eigenvalue weighted by atomic mass is 35.5. The first kappa shape index (κ1) is 23.3. The van der Waals surface area contributed by atoms with Crippen molar-refractivity contribution in [1.29, 1.82) is 0 Å². The molecule has 3 aromatic rings. The lowest BCUT2D eigenvalue weighted by molar-refractivity contribution is -0.126. The topological polar surface area (TPSA) is 79.8 Å². The third kappa shape index (κ3) is 6.83. The van der Waals surface area contributed by atoms with Crippen LogP contribution in [0.2, 0.25) is 10.0 Å². The van der Waals surface area contributed by atoms with Crippen molar-refractivity contribution >= 4 is 46.9 Å². The number of aryl methyl sites for hydroxylation is 1. The first-order valence-electron chi connectivity index (χ1n) is 9.75. The number of nitrogens with zero attached hydrogens (tertiary/aromatic N) is 1. The number of amides is 2. The molecule has 164 valence electrons. The SMILES string of the molecule is Cc1ccc(NC(=O)CC(=O)NN=Cc2ccccc2OCc2ccccc2Cl)cc1Cl. The third-order valence-electron chi connectivity index (χ3n) is 4.43. The lowest BCUT2D eigenvalue weighted by Gasteiger charge is -2.10. The van der Waals surface area contributed by atoms with Gasteiger partial charge in [-0.2, -0.15) is 5.10 Å². The molecule has 32 heavy (non-hydrogen) atoms. The fourth-order valence-corrected chi connectivity index (χ4v) is 3.10. The Bertz CT molecular complexity index is 1150. The molecule has 0 aromatic heterocycles. The van der Waals surface area contributed by atoms with Crippen molar-refractivity contribution in [1.82, 2.24) is 5.43 Å². The van der Waals surface area contributed by atoms with Gasteiger partial charge in [-0.25, -0.2) is 5.43 Å². The molecular formula is C24H21Cl2N3O3. The van der Waals surface area contributed by atoms with Crippen LogP contribution in [0.25, 0.3) is 0 Å². The molecule has 0 fully saturated rings. The molecule has 0 spiro atoms. The highest BCUT2D eigenvalue weighted by Crippen LogP contribution is 2.21.